The van der Waals surface area contributed by atoms with Crippen LogP contribution in [0.1, 0.15) is 93.4 Å². The van der Waals surface area contributed by atoms with E-state index in [0.29, 0.717) is 0 Å². The van der Waals surface area contributed by atoms with Gasteiger partial charge in [-0.15, -0.1) is 0 Å². The number of hydrogen-bond donors (Lipinski definition) is 4. The molecule has 0 radical (unpaired) electrons. The quantitative estimate of drug-likeness (QED) is 0.143. The molecule has 0 saturated carbocycles. The van der Waals surface area contributed by atoms with Crippen molar-refractivity contribution in [2.45, 2.75) is 97.4 Å². The molecular weight excluding hydrogens is 765 g/mol. The normalized spacial score (nSPS) is 8.73. The summed E-state index contributed by atoms with van der Waals surface area (Å²) in [6.45, 7) is 26.4. The van der Waals surface area contributed by atoms with Crippen LogP contribution in [0.25, 0.3) is 43.1 Å². The van der Waals surface area contributed by atoms with E-state index < -0.39 is 0 Å². The summed E-state index contributed by atoms with van der Waals surface area (Å²) in [5, 5.41) is 22.8. The van der Waals surface area contributed by atoms with Crippen LogP contribution in [0.5, 0.6) is 0 Å². The molecule has 8 rings (SSSR count). The van der Waals surface area contributed by atoms with Crippen molar-refractivity contribution in [3.05, 3.63) is 174 Å². The lowest BCUT2D eigenvalue weighted by Crippen LogP contribution is -1.90. The number of nitrogens with one attached hydrogen (secondary N) is 4. The third kappa shape index (κ3) is 20.7. The van der Waals surface area contributed by atoms with Crippen molar-refractivity contribution < 1.29 is 0 Å². The molecule has 0 bridgehead atoms. The number of rotatable bonds is 3. The molecule has 0 saturated heterocycles. The fraction of sp³-hybridized carbons (Fsp3) is 0.322. The van der Waals surface area contributed by atoms with Crippen molar-refractivity contribution in [3.8, 4) is 0 Å². The van der Waals surface area contributed by atoms with E-state index in [1.54, 1.807) is 0 Å². The molecule has 344 valence electrons. The molecule has 4 nitrogen and oxygen atoms in total. The smallest absolute Gasteiger partial charge is 0.0419 e. The number of benzene rings is 8. The molecule has 0 fully saturated rings. The molecule has 4 N–H and O–H groups in total. The van der Waals surface area contributed by atoms with Crippen molar-refractivity contribution in [3.63, 3.8) is 0 Å². The first-order chi connectivity index (χ1) is 30.3. The van der Waals surface area contributed by atoms with E-state index in [0.717, 1.165) is 0 Å². The Kier molecular flexibility index (Phi) is 38.1. The van der Waals surface area contributed by atoms with Gasteiger partial charge in [-0.05, 0) is 97.2 Å². The summed E-state index contributed by atoms with van der Waals surface area (Å²) in [5.41, 5.74) is 7.55. The second kappa shape index (κ2) is 39.0. The van der Waals surface area contributed by atoms with Crippen LogP contribution in [-0.4, -0.2) is 35.2 Å². The molecule has 0 atom stereocenters. The zero-order chi connectivity index (χ0) is 47.3. The first kappa shape index (κ1) is 61.5. The Balaban J connectivity index is -0.000000698. The Morgan fingerprint density at radius 1 is 0.302 bits per heavy atom. The first-order valence-corrected chi connectivity index (χ1v) is 22.9. The van der Waals surface area contributed by atoms with Crippen LogP contribution in [0.4, 0.5) is 17.1 Å². The van der Waals surface area contributed by atoms with E-state index in [2.05, 4.69) is 200 Å². The van der Waals surface area contributed by atoms with E-state index in [1.165, 1.54) is 76.8 Å². The average molecular weight is 853 g/mol. The summed E-state index contributed by atoms with van der Waals surface area (Å²) in [5.74, 6) is 0. The Hall–Kier alpha value is -5.84. The maximum atomic E-state index is 3.21. The zero-order valence-electron chi connectivity index (χ0n) is 42.0. The van der Waals surface area contributed by atoms with Gasteiger partial charge in [0, 0.05) is 54.4 Å². The first-order valence-electron chi connectivity index (χ1n) is 22.9. The summed E-state index contributed by atoms with van der Waals surface area (Å²) in [4.78, 5) is 0. The van der Waals surface area contributed by atoms with Crippen LogP contribution in [0.2, 0.25) is 0 Å². The van der Waals surface area contributed by atoms with Gasteiger partial charge in [0.2, 0.25) is 0 Å². The minimum atomic E-state index is 0. The highest BCUT2D eigenvalue weighted by Gasteiger charge is 2.01. The van der Waals surface area contributed by atoms with Gasteiger partial charge in [0.15, 0.2) is 0 Å². The van der Waals surface area contributed by atoms with Crippen molar-refractivity contribution in [1.29, 1.82) is 0 Å². The maximum absolute atomic E-state index is 3.21. The lowest BCUT2D eigenvalue weighted by molar-refractivity contribution is 1.02. The van der Waals surface area contributed by atoms with E-state index in [4.69, 9.17) is 0 Å². The van der Waals surface area contributed by atoms with E-state index in [1.807, 2.05) is 104 Å². The van der Waals surface area contributed by atoms with Gasteiger partial charge in [-0.1, -0.05) is 216 Å². The molecule has 0 aliphatic rings. The molecule has 0 unspecified atom stereocenters. The largest absolute Gasteiger partial charge is 0.388 e. The van der Waals surface area contributed by atoms with Crippen molar-refractivity contribution in [2.75, 3.05) is 51.2 Å². The molecule has 0 amide bonds. The minimum absolute atomic E-state index is 0. The summed E-state index contributed by atoms with van der Waals surface area (Å²) in [6.07, 6.45) is 0. The summed E-state index contributed by atoms with van der Waals surface area (Å²) < 4.78 is 0. The number of fused-ring (bicyclic) bond motifs is 4. The van der Waals surface area contributed by atoms with Gasteiger partial charge in [-0.2, -0.15) is 0 Å². The third-order valence-electron chi connectivity index (χ3n) is 8.76. The Morgan fingerprint density at radius 2 is 0.683 bits per heavy atom. The maximum Gasteiger partial charge on any atom is 0.0419 e. The highest BCUT2D eigenvalue weighted by atomic mass is 14.8. The lowest BCUT2D eigenvalue weighted by Gasteiger charge is -2.07. The lowest BCUT2D eigenvalue weighted by atomic mass is 10.0. The molecule has 0 aliphatic carbocycles. The molecule has 8 aromatic carbocycles. The van der Waals surface area contributed by atoms with Crippen molar-refractivity contribution >= 4 is 60.2 Å². The van der Waals surface area contributed by atoms with Gasteiger partial charge in [0.05, 0.1) is 0 Å². The fourth-order valence-corrected chi connectivity index (χ4v) is 6.14. The Bertz CT molecular complexity index is 2230. The van der Waals surface area contributed by atoms with Gasteiger partial charge in [0.25, 0.3) is 0 Å². The summed E-state index contributed by atoms with van der Waals surface area (Å²) in [6, 6.07) is 55.0. The number of hydrogen-bond acceptors (Lipinski definition) is 4. The van der Waals surface area contributed by atoms with E-state index in [-0.39, 0.29) is 7.43 Å². The van der Waals surface area contributed by atoms with E-state index in [9.17, 15) is 0 Å². The fourth-order valence-electron chi connectivity index (χ4n) is 6.14. The number of anilines is 3. The van der Waals surface area contributed by atoms with Gasteiger partial charge < -0.3 is 21.3 Å². The molecule has 8 aromatic rings. The second-order valence-corrected chi connectivity index (χ2v) is 12.6. The standard InChI is InChI=1S/3C12H13N.C10H8.C2H7N.5C2H6.CH4/c1-9-5-3-6-10-7-4-8-11(13-2)12(9)10;1-9-6-7-10-4-3-5-12(13-2)11(10)8-9;1-9-7-8-12(13-2)11-6-4-3-5-10(9)11;1-2-6-10-8-4-3-7-9(10)5-1;1-3-2;5*1-2;/h3*3-8,13H,1-2H3;1-8H;3H,1-2H3;5*1-2H3;1H4. The second-order valence-electron chi connectivity index (χ2n) is 12.6. The zero-order valence-corrected chi connectivity index (χ0v) is 42.0. The van der Waals surface area contributed by atoms with E-state index >= 15 is 0 Å². The monoisotopic (exact) mass is 853 g/mol. The molecule has 4 heteroatoms. The predicted molar refractivity (Wildman–Crippen MR) is 297 cm³/mol. The molecular formula is C59H88N4. The predicted octanol–water partition coefficient (Wildman–Crippen LogP) is 18.0. The SMILES string of the molecule is C.CC.CC.CC.CC.CC.CNC.CNc1ccc(C)c2ccccc12.CNc1cccc2ccc(C)cc12.CNc1cccc2cccc(C)c12.c1ccc2ccccc2c1. The van der Waals surface area contributed by atoms with Crippen LogP contribution >= 0.6 is 0 Å². The Morgan fingerprint density at radius 3 is 1.16 bits per heavy atom. The average Bonchev–Trinajstić information content (AvgIpc) is 3.35. The van der Waals surface area contributed by atoms with Gasteiger partial charge >= 0.3 is 0 Å². The highest BCUT2D eigenvalue weighted by Crippen LogP contribution is 2.27. The molecule has 0 aromatic heterocycles. The third-order valence-corrected chi connectivity index (χ3v) is 8.76. The van der Waals surface area contributed by atoms with Crippen LogP contribution < -0.4 is 21.3 Å². The van der Waals surface area contributed by atoms with Crippen LogP contribution in [0, 0.1) is 20.8 Å². The van der Waals surface area contributed by atoms with Gasteiger partial charge in [-0.3, -0.25) is 0 Å². The van der Waals surface area contributed by atoms with Crippen LogP contribution in [0.15, 0.2) is 158 Å². The molecule has 0 spiro atoms. The summed E-state index contributed by atoms with van der Waals surface area (Å²) >= 11 is 0. The van der Waals surface area contributed by atoms with Crippen LogP contribution in [0.3, 0.4) is 0 Å². The topological polar surface area (TPSA) is 48.1 Å². The molecule has 0 heterocycles. The van der Waals surface area contributed by atoms with Gasteiger partial charge in [0.1, 0.15) is 0 Å². The van der Waals surface area contributed by atoms with Crippen LogP contribution in [-0.2, 0) is 0 Å². The van der Waals surface area contributed by atoms with Gasteiger partial charge in [-0.25, -0.2) is 0 Å². The molecule has 0 aliphatic heterocycles. The highest BCUT2D eigenvalue weighted by molar-refractivity contribution is 5.97. The summed E-state index contributed by atoms with van der Waals surface area (Å²) in [7, 11) is 9.62. The van der Waals surface area contributed by atoms with Crippen molar-refractivity contribution in [1.82, 2.24) is 5.32 Å². The minimum Gasteiger partial charge on any atom is -0.388 e. The Labute approximate surface area is 387 Å². The molecule has 63 heavy (non-hydrogen) atoms. The van der Waals surface area contributed by atoms with Crippen molar-refractivity contribution in [2.24, 2.45) is 0 Å². The number of aryl methyl sites for hydroxylation is 3.